The van der Waals surface area contributed by atoms with Crippen LogP contribution in [0.25, 0.3) is 0 Å². The van der Waals surface area contributed by atoms with E-state index in [2.05, 4.69) is 4.90 Å². The molecule has 0 aliphatic carbocycles. The number of esters is 1. The number of carbonyl (C=O) groups is 2. The number of alkyl halides is 2. The number of carbonyl (C=O) groups excluding carboxylic acids is 2. The monoisotopic (exact) mass is 496 g/mol. The average molecular weight is 497 g/mol. The summed E-state index contributed by atoms with van der Waals surface area (Å²) >= 11 is 11.7. The zero-order valence-corrected chi connectivity index (χ0v) is 20.3. The molecule has 0 saturated carbocycles. The summed E-state index contributed by atoms with van der Waals surface area (Å²) in [6, 6.07) is 12.9. The average Bonchev–Trinajstić information content (AvgIpc) is 2.80. The normalized spacial score (nSPS) is 12.8. The first-order valence-corrected chi connectivity index (χ1v) is 12.1. The van der Waals surface area contributed by atoms with Crippen LogP contribution in [-0.2, 0) is 27.2 Å². The van der Waals surface area contributed by atoms with Gasteiger partial charge < -0.3 is 15.4 Å². The van der Waals surface area contributed by atoms with Crippen LogP contribution < -0.4 is 10.6 Å². The highest BCUT2D eigenvalue weighted by Crippen LogP contribution is 2.19. The van der Waals surface area contributed by atoms with Gasteiger partial charge in [-0.1, -0.05) is 24.3 Å². The zero-order valence-electron chi connectivity index (χ0n) is 18.8. The lowest BCUT2D eigenvalue weighted by Gasteiger charge is -2.23. The summed E-state index contributed by atoms with van der Waals surface area (Å²) in [7, 11) is 0. The third-order valence-corrected chi connectivity index (χ3v) is 5.68. The Balaban J connectivity index is 2.02. The van der Waals surface area contributed by atoms with Gasteiger partial charge in [0.05, 0.1) is 18.6 Å². The fraction of sp³-hybridized carbons (Fsp3) is 0.440. The van der Waals surface area contributed by atoms with Crippen molar-refractivity contribution in [2.45, 2.75) is 32.2 Å². The molecule has 0 radical (unpaired) electrons. The van der Waals surface area contributed by atoms with E-state index < -0.39 is 17.9 Å². The van der Waals surface area contributed by atoms with E-state index in [1.54, 1.807) is 19.1 Å². The number of anilines is 1. The number of Topliss-reactive ketones (excluding diaryl/α,β-unsaturated/α-hetero) is 1. The van der Waals surface area contributed by atoms with Crippen LogP contribution in [0.3, 0.4) is 0 Å². The maximum atomic E-state index is 13.2. The molecule has 0 aromatic heterocycles. The molecule has 2 N–H and O–H groups in total. The minimum Gasteiger partial charge on any atom is -0.466 e. The number of ether oxygens (including phenoxy) is 1. The first kappa shape index (κ1) is 27.1. The number of halogens is 3. The van der Waals surface area contributed by atoms with Crippen molar-refractivity contribution in [2.24, 2.45) is 11.7 Å². The fourth-order valence-corrected chi connectivity index (χ4v) is 3.99. The largest absolute Gasteiger partial charge is 0.466 e. The van der Waals surface area contributed by atoms with Gasteiger partial charge in [0.25, 0.3) is 0 Å². The van der Waals surface area contributed by atoms with Gasteiger partial charge in [-0.2, -0.15) is 0 Å². The quantitative estimate of drug-likeness (QED) is 0.310. The summed E-state index contributed by atoms with van der Waals surface area (Å²) in [6.07, 6.45) is 0.605. The van der Waals surface area contributed by atoms with Crippen molar-refractivity contribution in [2.75, 3.05) is 36.4 Å². The smallest absolute Gasteiger partial charge is 0.309 e. The molecule has 0 amide bonds. The highest BCUT2D eigenvalue weighted by molar-refractivity contribution is 6.18. The molecule has 0 fully saturated rings. The lowest BCUT2D eigenvalue weighted by molar-refractivity contribution is -0.149. The Labute approximate surface area is 205 Å². The van der Waals surface area contributed by atoms with E-state index in [-0.39, 0.29) is 31.0 Å². The minimum atomic E-state index is -0.747. The van der Waals surface area contributed by atoms with Gasteiger partial charge in [0.15, 0.2) is 5.78 Å². The summed E-state index contributed by atoms with van der Waals surface area (Å²) in [5.74, 6) is -0.703. The van der Waals surface area contributed by atoms with Crippen molar-refractivity contribution < 1.29 is 18.7 Å². The molecule has 2 atom stereocenters. The van der Waals surface area contributed by atoms with E-state index in [1.807, 2.05) is 24.3 Å². The van der Waals surface area contributed by atoms with Crippen LogP contribution in [0.5, 0.6) is 0 Å². The molecule has 8 heteroatoms. The lowest BCUT2D eigenvalue weighted by Crippen LogP contribution is -2.36. The number of hydrogen-bond acceptors (Lipinski definition) is 5. The number of benzene rings is 2. The van der Waals surface area contributed by atoms with Gasteiger partial charge in [-0.25, -0.2) is 4.39 Å². The van der Waals surface area contributed by atoms with Crippen LogP contribution in [0, 0.1) is 11.7 Å². The minimum absolute atomic E-state index is 0.0331. The van der Waals surface area contributed by atoms with Gasteiger partial charge in [-0.3, -0.25) is 9.59 Å². The van der Waals surface area contributed by atoms with Crippen LogP contribution in [0.15, 0.2) is 48.5 Å². The summed E-state index contributed by atoms with van der Waals surface area (Å²) in [4.78, 5) is 27.3. The molecule has 2 rings (SSSR count). The standard InChI is InChI=1S/C25H31Cl2FN2O3/c1-2-33-25(32)20(15-18-3-7-21(28)8-4-18)17-24(31)23(29)16-19-5-9-22(10-6-19)30(13-11-26)14-12-27/h3-10,20,23H,2,11-17,29H2,1H3/t20?,23-/m0/s1. The molecule has 0 aliphatic rings. The Kier molecular flexibility index (Phi) is 11.6. The second kappa shape index (κ2) is 14.2. The summed E-state index contributed by atoms with van der Waals surface area (Å²) in [5.41, 5.74) is 8.86. The van der Waals surface area contributed by atoms with Crippen LogP contribution in [-0.4, -0.2) is 49.3 Å². The zero-order chi connectivity index (χ0) is 24.2. The molecule has 0 bridgehead atoms. The van der Waals surface area contributed by atoms with Gasteiger partial charge in [-0.05, 0) is 55.2 Å². The maximum absolute atomic E-state index is 13.2. The topological polar surface area (TPSA) is 72.6 Å². The van der Waals surface area contributed by atoms with Crippen LogP contribution in [0.4, 0.5) is 10.1 Å². The van der Waals surface area contributed by atoms with Crippen molar-refractivity contribution in [1.82, 2.24) is 0 Å². The molecule has 0 heterocycles. The van der Waals surface area contributed by atoms with Crippen LogP contribution >= 0.6 is 23.2 Å². The molecule has 2 aromatic rings. The predicted octanol–water partition coefficient (Wildman–Crippen LogP) is 4.36. The predicted molar refractivity (Wildman–Crippen MR) is 132 cm³/mol. The maximum Gasteiger partial charge on any atom is 0.309 e. The van der Waals surface area contributed by atoms with Gasteiger partial charge in [-0.15, -0.1) is 23.2 Å². The van der Waals surface area contributed by atoms with E-state index in [1.165, 1.54) is 12.1 Å². The molecule has 0 aliphatic heterocycles. The Morgan fingerprint density at radius 3 is 2.06 bits per heavy atom. The highest BCUT2D eigenvalue weighted by atomic mass is 35.5. The third-order valence-electron chi connectivity index (χ3n) is 5.34. The molecule has 180 valence electrons. The summed E-state index contributed by atoms with van der Waals surface area (Å²) < 4.78 is 18.3. The molecular formula is C25H31Cl2FN2O3. The van der Waals surface area contributed by atoms with Gasteiger partial charge in [0.1, 0.15) is 5.82 Å². The van der Waals surface area contributed by atoms with Crippen molar-refractivity contribution >= 4 is 40.6 Å². The second-order valence-corrected chi connectivity index (χ2v) is 8.55. The van der Waals surface area contributed by atoms with Crippen molar-refractivity contribution in [3.63, 3.8) is 0 Å². The number of nitrogens with two attached hydrogens (primary N) is 1. The van der Waals surface area contributed by atoms with Crippen molar-refractivity contribution in [3.05, 3.63) is 65.5 Å². The van der Waals surface area contributed by atoms with E-state index >= 15 is 0 Å². The fourth-order valence-electron chi connectivity index (χ4n) is 3.58. The van der Waals surface area contributed by atoms with E-state index in [0.29, 0.717) is 31.3 Å². The van der Waals surface area contributed by atoms with E-state index in [9.17, 15) is 14.0 Å². The van der Waals surface area contributed by atoms with Crippen LogP contribution in [0.1, 0.15) is 24.5 Å². The molecule has 5 nitrogen and oxygen atoms in total. The summed E-state index contributed by atoms with van der Waals surface area (Å²) in [6.45, 7) is 3.31. The second-order valence-electron chi connectivity index (χ2n) is 7.79. The lowest BCUT2D eigenvalue weighted by atomic mass is 9.90. The van der Waals surface area contributed by atoms with E-state index in [0.717, 1.165) is 16.8 Å². The van der Waals surface area contributed by atoms with Crippen molar-refractivity contribution in [3.8, 4) is 0 Å². The first-order chi connectivity index (χ1) is 15.9. The van der Waals surface area contributed by atoms with Gasteiger partial charge in [0, 0.05) is 37.0 Å². The molecule has 0 saturated heterocycles. The highest BCUT2D eigenvalue weighted by Gasteiger charge is 2.26. The van der Waals surface area contributed by atoms with Crippen LogP contribution in [0.2, 0.25) is 0 Å². The number of ketones is 1. The third kappa shape index (κ3) is 8.95. The van der Waals surface area contributed by atoms with Gasteiger partial charge >= 0.3 is 5.97 Å². The number of rotatable bonds is 14. The Morgan fingerprint density at radius 1 is 0.970 bits per heavy atom. The first-order valence-electron chi connectivity index (χ1n) is 11.0. The Hall–Kier alpha value is -2.15. The number of hydrogen-bond donors (Lipinski definition) is 1. The van der Waals surface area contributed by atoms with Gasteiger partial charge in [0.2, 0.25) is 0 Å². The van der Waals surface area contributed by atoms with Crippen molar-refractivity contribution in [1.29, 1.82) is 0 Å². The number of nitrogens with zero attached hydrogens (tertiary/aromatic N) is 1. The Morgan fingerprint density at radius 2 is 1.52 bits per heavy atom. The Bertz CT molecular complexity index is 872. The molecule has 2 aromatic carbocycles. The SMILES string of the molecule is CCOC(=O)C(CC(=O)[C@@H](N)Cc1ccc(N(CCCl)CCCl)cc1)Cc1ccc(F)cc1. The molecule has 33 heavy (non-hydrogen) atoms. The molecule has 1 unspecified atom stereocenters. The van der Waals surface area contributed by atoms with E-state index in [4.69, 9.17) is 33.7 Å². The molecular weight excluding hydrogens is 466 g/mol. The molecule has 0 spiro atoms. The summed E-state index contributed by atoms with van der Waals surface area (Å²) in [5, 5.41) is 0.